The van der Waals surface area contributed by atoms with Crippen molar-refractivity contribution in [1.29, 1.82) is 0 Å². The largest absolute Gasteiger partial charge is 0.289 e. The first kappa shape index (κ1) is 17.9. The SMILES string of the molecule is Cc1cc(Cl)c([N+](=O)[O-])cc1S(=O)(=O)N(C)CCC(C)C. The van der Waals surface area contributed by atoms with E-state index in [9.17, 15) is 18.5 Å². The molecular formula is C13H19ClN2O4S. The van der Waals surface area contributed by atoms with E-state index in [2.05, 4.69) is 0 Å². The van der Waals surface area contributed by atoms with Crippen molar-refractivity contribution < 1.29 is 13.3 Å². The fraction of sp³-hybridized carbons (Fsp3) is 0.538. The third-order valence-corrected chi connectivity index (χ3v) is 5.45. The molecule has 0 fully saturated rings. The number of rotatable bonds is 6. The van der Waals surface area contributed by atoms with Gasteiger partial charge in [0.05, 0.1) is 9.82 Å². The smallest absolute Gasteiger partial charge is 0.258 e. The van der Waals surface area contributed by atoms with Crippen molar-refractivity contribution >= 4 is 27.3 Å². The number of hydrogen-bond acceptors (Lipinski definition) is 4. The van der Waals surface area contributed by atoms with Crippen LogP contribution in [0.3, 0.4) is 0 Å². The molecule has 0 unspecified atom stereocenters. The van der Waals surface area contributed by atoms with E-state index in [-0.39, 0.29) is 9.92 Å². The molecule has 1 rings (SSSR count). The van der Waals surface area contributed by atoms with Crippen molar-refractivity contribution in [3.05, 3.63) is 32.8 Å². The average Bonchev–Trinajstić information content (AvgIpc) is 2.34. The Labute approximate surface area is 129 Å². The summed E-state index contributed by atoms with van der Waals surface area (Å²) in [6.45, 7) is 5.92. The van der Waals surface area contributed by atoms with E-state index in [1.165, 1.54) is 17.4 Å². The second-order valence-electron chi connectivity index (χ2n) is 5.34. The molecule has 21 heavy (non-hydrogen) atoms. The predicted molar refractivity (Wildman–Crippen MR) is 82.1 cm³/mol. The molecule has 0 heterocycles. The van der Waals surface area contributed by atoms with Gasteiger partial charge < -0.3 is 0 Å². The minimum absolute atomic E-state index is 0.0683. The van der Waals surface area contributed by atoms with Gasteiger partial charge in [-0.25, -0.2) is 12.7 Å². The minimum Gasteiger partial charge on any atom is -0.258 e. The third kappa shape index (κ3) is 4.15. The van der Waals surface area contributed by atoms with Crippen LogP contribution in [-0.4, -0.2) is 31.2 Å². The van der Waals surface area contributed by atoms with Crippen LogP contribution in [0, 0.1) is 23.0 Å². The maximum Gasteiger partial charge on any atom is 0.289 e. The zero-order valence-electron chi connectivity index (χ0n) is 12.5. The lowest BCUT2D eigenvalue weighted by Crippen LogP contribution is -2.29. The van der Waals surface area contributed by atoms with Gasteiger partial charge in [0, 0.05) is 19.7 Å². The molecule has 0 saturated carbocycles. The van der Waals surface area contributed by atoms with Gasteiger partial charge in [-0.3, -0.25) is 10.1 Å². The Hall–Kier alpha value is -1.18. The number of halogens is 1. The van der Waals surface area contributed by atoms with Crippen LogP contribution in [0.1, 0.15) is 25.8 Å². The summed E-state index contributed by atoms with van der Waals surface area (Å²) in [6.07, 6.45) is 0.713. The van der Waals surface area contributed by atoms with E-state index in [1.807, 2.05) is 13.8 Å². The van der Waals surface area contributed by atoms with Gasteiger partial charge >= 0.3 is 0 Å². The molecule has 0 saturated heterocycles. The van der Waals surface area contributed by atoms with E-state index < -0.39 is 20.6 Å². The van der Waals surface area contributed by atoms with Gasteiger partial charge in [-0.1, -0.05) is 25.4 Å². The summed E-state index contributed by atoms with van der Waals surface area (Å²) < 4.78 is 26.2. The quantitative estimate of drug-likeness (QED) is 0.591. The highest BCUT2D eigenvalue weighted by atomic mass is 35.5. The molecule has 6 nitrogen and oxygen atoms in total. The molecule has 1 aromatic carbocycles. The molecule has 0 aliphatic carbocycles. The molecule has 118 valence electrons. The van der Waals surface area contributed by atoms with E-state index in [0.717, 1.165) is 6.07 Å². The topological polar surface area (TPSA) is 80.5 Å². The number of benzene rings is 1. The van der Waals surface area contributed by atoms with Crippen LogP contribution < -0.4 is 0 Å². The third-order valence-electron chi connectivity index (χ3n) is 3.15. The molecule has 1 aromatic rings. The summed E-state index contributed by atoms with van der Waals surface area (Å²) in [6, 6.07) is 2.34. The number of hydrogen-bond donors (Lipinski definition) is 0. The van der Waals surface area contributed by atoms with Crippen molar-refractivity contribution in [2.24, 2.45) is 5.92 Å². The minimum atomic E-state index is -3.77. The van der Waals surface area contributed by atoms with E-state index in [0.29, 0.717) is 24.4 Å². The molecule has 0 spiro atoms. The molecule has 0 radical (unpaired) electrons. The molecule has 0 aromatic heterocycles. The van der Waals surface area contributed by atoms with Gasteiger partial charge in [-0.15, -0.1) is 0 Å². The Kier molecular flexibility index (Phi) is 5.72. The lowest BCUT2D eigenvalue weighted by molar-refractivity contribution is -0.384. The molecule has 0 aliphatic heterocycles. The van der Waals surface area contributed by atoms with Gasteiger partial charge in [-0.05, 0) is 30.9 Å². The Morgan fingerprint density at radius 1 is 1.38 bits per heavy atom. The molecule has 8 heteroatoms. The number of sulfonamides is 1. The molecule has 0 bridgehead atoms. The van der Waals surface area contributed by atoms with Crippen molar-refractivity contribution in [2.45, 2.75) is 32.1 Å². The van der Waals surface area contributed by atoms with Crippen LogP contribution >= 0.6 is 11.6 Å². The lowest BCUT2D eigenvalue weighted by atomic mass is 10.1. The maximum absolute atomic E-state index is 12.5. The van der Waals surface area contributed by atoms with Crippen molar-refractivity contribution in [1.82, 2.24) is 4.31 Å². The van der Waals surface area contributed by atoms with Crippen LogP contribution in [-0.2, 0) is 10.0 Å². The van der Waals surface area contributed by atoms with Crippen molar-refractivity contribution in [3.63, 3.8) is 0 Å². The van der Waals surface area contributed by atoms with E-state index in [1.54, 1.807) is 6.92 Å². The second kappa shape index (κ2) is 6.72. The number of aryl methyl sites for hydroxylation is 1. The van der Waals surface area contributed by atoms with Crippen molar-refractivity contribution in [2.75, 3.05) is 13.6 Å². The highest BCUT2D eigenvalue weighted by Crippen LogP contribution is 2.31. The van der Waals surface area contributed by atoms with Gasteiger partial charge in [0.2, 0.25) is 10.0 Å². The summed E-state index contributed by atoms with van der Waals surface area (Å²) in [5.74, 6) is 0.364. The monoisotopic (exact) mass is 334 g/mol. The summed E-state index contributed by atoms with van der Waals surface area (Å²) >= 11 is 5.78. The predicted octanol–water partition coefficient (Wildman–Crippen LogP) is 3.22. The van der Waals surface area contributed by atoms with Crippen LogP contribution in [0.5, 0.6) is 0 Å². The number of nitrogens with zero attached hydrogens (tertiary/aromatic N) is 2. The van der Waals surface area contributed by atoms with E-state index >= 15 is 0 Å². The fourth-order valence-corrected chi connectivity index (χ4v) is 3.48. The van der Waals surface area contributed by atoms with Crippen LogP contribution in [0.2, 0.25) is 5.02 Å². The maximum atomic E-state index is 12.5. The fourth-order valence-electron chi connectivity index (χ4n) is 1.79. The molecule has 0 aliphatic rings. The van der Waals surface area contributed by atoms with Gasteiger partial charge in [0.1, 0.15) is 5.02 Å². The number of nitro groups is 1. The van der Waals surface area contributed by atoms with E-state index in [4.69, 9.17) is 11.6 Å². The highest BCUT2D eigenvalue weighted by Gasteiger charge is 2.27. The summed E-state index contributed by atoms with van der Waals surface area (Å²) in [7, 11) is -2.30. The van der Waals surface area contributed by atoms with Crippen molar-refractivity contribution in [3.8, 4) is 0 Å². The van der Waals surface area contributed by atoms with Gasteiger partial charge in [0.15, 0.2) is 0 Å². The zero-order valence-corrected chi connectivity index (χ0v) is 14.0. The Morgan fingerprint density at radius 2 is 1.95 bits per heavy atom. The average molecular weight is 335 g/mol. The first-order valence-corrected chi connectivity index (χ1v) is 8.30. The Balaban J connectivity index is 3.25. The van der Waals surface area contributed by atoms with Gasteiger partial charge in [-0.2, -0.15) is 0 Å². The lowest BCUT2D eigenvalue weighted by Gasteiger charge is -2.19. The Morgan fingerprint density at radius 3 is 2.43 bits per heavy atom. The zero-order chi connectivity index (χ0) is 16.4. The summed E-state index contributed by atoms with van der Waals surface area (Å²) in [5, 5.41) is 10.8. The molecule has 0 atom stereocenters. The van der Waals surface area contributed by atoms with Crippen LogP contribution in [0.25, 0.3) is 0 Å². The Bertz CT molecular complexity index is 644. The van der Waals surface area contributed by atoms with Crippen LogP contribution in [0.4, 0.5) is 5.69 Å². The molecule has 0 N–H and O–H groups in total. The molecule has 0 amide bonds. The standard InChI is InChI=1S/C13H19ClN2O4S/c1-9(2)5-6-15(4)21(19,20)13-8-12(16(17)18)11(14)7-10(13)3/h7-9H,5-6H2,1-4H3. The number of nitro benzene ring substituents is 1. The normalized spacial score (nSPS) is 12.1. The first-order chi connectivity index (χ1) is 9.57. The first-order valence-electron chi connectivity index (χ1n) is 6.48. The summed E-state index contributed by atoms with van der Waals surface area (Å²) in [5.41, 5.74) is -0.0138. The summed E-state index contributed by atoms with van der Waals surface area (Å²) in [4.78, 5) is 10.1. The van der Waals surface area contributed by atoms with Crippen LogP contribution in [0.15, 0.2) is 17.0 Å². The molecular weight excluding hydrogens is 316 g/mol. The van der Waals surface area contributed by atoms with Gasteiger partial charge in [0.25, 0.3) is 5.69 Å². The highest BCUT2D eigenvalue weighted by molar-refractivity contribution is 7.89. The second-order valence-corrected chi connectivity index (χ2v) is 7.76.